The van der Waals surface area contributed by atoms with Crippen molar-refractivity contribution in [2.24, 2.45) is 5.92 Å². The molecule has 0 spiro atoms. The first-order chi connectivity index (χ1) is 18.9. The lowest BCUT2D eigenvalue weighted by atomic mass is 9.86. The first-order valence-electron chi connectivity index (χ1n) is 14.1. The molecule has 2 aromatic carbocycles. The van der Waals surface area contributed by atoms with Crippen LogP contribution in [0.5, 0.6) is 5.75 Å². The molecule has 1 saturated carbocycles. The molecule has 1 aromatic heterocycles. The SMILES string of the molecule is O=C(C1CCCCC1)N1c2ccc(OC(F)(F)F)cc2CCC1CN1CCN(c2cccc3[nH]ccc23)CC1. The Morgan fingerprint density at radius 2 is 1.74 bits per heavy atom. The number of H-pyrrole nitrogens is 1. The molecule has 3 aromatic rings. The molecule has 2 aliphatic heterocycles. The van der Waals surface area contributed by atoms with Gasteiger partial charge in [0.05, 0.1) is 0 Å². The van der Waals surface area contributed by atoms with Crippen molar-refractivity contribution in [3.05, 3.63) is 54.2 Å². The standard InChI is InChI=1S/C30H35F3N4O2/c31-30(32,33)39-24-11-12-27-22(19-24)9-10-23(37(27)29(38)21-5-2-1-3-6-21)20-35-15-17-36(18-16-35)28-8-4-7-26-25(28)13-14-34-26/h4,7-8,11-14,19,21,23,34H,1-3,5-6,9-10,15-18,20H2. The molecule has 39 heavy (non-hydrogen) atoms. The van der Waals surface area contributed by atoms with Crippen LogP contribution in [0.15, 0.2) is 48.7 Å². The first-order valence-corrected chi connectivity index (χ1v) is 14.1. The van der Waals surface area contributed by atoms with Crippen LogP contribution in [0.2, 0.25) is 0 Å². The van der Waals surface area contributed by atoms with Crippen molar-refractivity contribution in [1.29, 1.82) is 0 Å². The fourth-order valence-electron chi connectivity index (χ4n) is 6.67. The average molecular weight is 541 g/mol. The third-order valence-electron chi connectivity index (χ3n) is 8.60. The maximum absolute atomic E-state index is 13.9. The number of hydrogen-bond acceptors (Lipinski definition) is 4. The van der Waals surface area contributed by atoms with Crippen molar-refractivity contribution in [2.75, 3.05) is 42.5 Å². The van der Waals surface area contributed by atoms with Gasteiger partial charge in [-0.3, -0.25) is 9.69 Å². The van der Waals surface area contributed by atoms with Gasteiger partial charge in [-0.15, -0.1) is 13.2 Å². The predicted octanol–water partition coefficient (Wildman–Crippen LogP) is 6.12. The maximum atomic E-state index is 13.9. The zero-order valence-corrected chi connectivity index (χ0v) is 22.1. The summed E-state index contributed by atoms with van der Waals surface area (Å²) in [5, 5.41) is 1.23. The number of benzene rings is 2. The van der Waals surface area contributed by atoms with Crippen LogP contribution in [0.4, 0.5) is 24.5 Å². The molecule has 0 bridgehead atoms. The Hall–Kier alpha value is -3.20. The van der Waals surface area contributed by atoms with Crippen LogP contribution in [-0.2, 0) is 11.2 Å². The lowest BCUT2D eigenvalue weighted by Gasteiger charge is -2.44. The zero-order chi connectivity index (χ0) is 27.0. The monoisotopic (exact) mass is 540 g/mol. The van der Waals surface area contributed by atoms with Crippen LogP contribution in [0.1, 0.15) is 44.1 Å². The summed E-state index contributed by atoms with van der Waals surface area (Å²) in [6, 6.07) is 12.9. The summed E-state index contributed by atoms with van der Waals surface area (Å²) in [6.07, 6.45) is 3.61. The Morgan fingerprint density at radius 1 is 0.949 bits per heavy atom. The van der Waals surface area contributed by atoms with E-state index in [1.54, 1.807) is 6.07 Å². The molecule has 1 atom stereocenters. The van der Waals surface area contributed by atoms with Crippen LogP contribution in [0.25, 0.3) is 10.9 Å². The molecule has 3 aliphatic rings. The minimum Gasteiger partial charge on any atom is -0.406 e. The van der Waals surface area contributed by atoms with Crippen LogP contribution in [-0.4, -0.2) is 60.9 Å². The maximum Gasteiger partial charge on any atom is 0.573 e. The number of amides is 1. The number of ether oxygens (including phenoxy) is 1. The van der Waals surface area contributed by atoms with Crippen molar-refractivity contribution >= 4 is 28.2 Å². The van der Waals surface area contributed by atoms with Gasteiger partial charge in [0.25, 0.3) is 0 Å². The topological polar surface area (TPSA) is 51.8 Å². The summed E-state index contributed by atoms with van der Waals surface area (Å²) in [4.78, 5) is 24.0. The summed E-state index contributed by atoms with van der Waals surface area (Å²) in [5.74, 6) is -0.113. The van der Waals surface area contributed by atoms with Crippen LogP contribution >= 0.6 is 0 Å². The molecule has 6 nitrogen and oxygen atoms in total. The first kappa shape index (κ1) is 26.0. The minimum absolute atomic E-state index is 0.000895. The van der Waals surface area contributed by atoms with E-state index >= 15 is 0 Å². The van der Waals surface area contributed by atoms with Gasteiger partial charge >= 0.3 is 6.36 Å². The molecular weight excluding hydrogens is 505 g/mol. The van der Waals surface area contributed by atoms with Gasteiger partial charge in [-0.1, -0.05) is 25.3 Å². The lowest BCUT2D eigenvalue weighted by Crippen LogP contribution is -2.55. The van der Waals surface area contributed by atoms with E-state index in [-0.39, 0.29) is 23.6 Å². The summed E-state index contributed by atoms with van der Waals surface area (Å²) in [7, 11) is 0. The van der Waals surface area contributed by atoms with Crippen LogP contribution in [0, 0.1) is 5.92 Å². The average Bonchev–Trinajstić information content (AvgIpc) is 3.42. The number of aromatic nitrogens is 1. The highest BCUT2D eigenvalue weighted by atomic mass is 19.4. The Balaban J connectivity index is 1.19. The van der Waals surface area contributed by atoms with Crippen LogP contribution < -0.4 is 14.5 Å². The fourth-order valence-corrected chi connectivity index (χ4v) is 6.67. The number of alkyl halides is 3. The van der Waals surface area contributed by atoms with Crippen LogP contribution in [0.3, 0.4) is 0 Å². The lowest BCUT2D eigenvalue weighted by molar-refractivity contribution is -0.274. The number of hydrogen-bond donors (Lipinski definition) is 1. The Kier molecular flexibility index (Phi) is 7.18. The predicted molar refractivity (Wildman–Crippen MR) is 146 cm³/mol. The number of fused-ring (bicyclic) bond motifs is 2. The third kappa shape index (κ3) is 5.60. The molecule has 9 heteroatoms. The normalized spacial score (nSPS) is 21.3. The number of carbonyl (C=O) groups is 1. The summed E-state index contributed by atoms with van der Waals surface area (Å²) in [6.45, 7) is 4.37. The molecule has 1 unspecified atom stereocenters. The Labute approximate surface area is 226 Å². The fraction of sp³-hybridized carbons (Fsp3) is 0.500. The second-order valence-corrected chi connectivity index (χ2v) is 11.1. The van der Waals surface area contributed by atoms with Gasteiger partial charge in [-0.05, 0) is 67.6 Å². The van der Waals surface area contributed by atoms with E-state index in [0.29, 0.717) is 6.42 Å². The number of halogens is 3. The number of aryl methyl sites for hydroxylation is 1. The number of rotatable bonds is 5. The van der Waals surface area contributed by atoms with Gasteiger partial charge in [0.1, 0.15) is 5.75 Å². The van der Waals surface area contributed by atoms with E-state index in [1.165, 1.54) is 23.2 Å². The highest BCUT2D eigenvalue weighted by molar-refractivity contribution is 5.97. The smallest absolute Gasteiger partial charge is 0.406 e. The van der Waals surface area contributed by atoms with Gasteiger partial charge in [0.15, 0.2) is 0 Å². The molecule has 2 fully saturated rings. The highest BCUT2D eigenvalue weighted by Gasteiger charge is 2.37. The molecule has 1 amide bonds. The molecule has 1 N–H and O–H groups in total. The van der Waals surface area contributed by atoms with Gasteiger partial charge in [0.2, 0.25) is 5.91 Å². The molecule has 6 rings (SSSR count). The molecule has 1 saturated heterocycles. The summed E-state index contributed by atoms with van der Waals surface area (Å²) < 4.78 is 42.7. The largest absolute Gasteiger partial charge is 0.573 e. The quantitative estimate of drug-likeness (QED) is 0.424. The second kappa shape index (κ2) is 10.8. The summed E-state index contributed by atoms with van der Waals surface area (Å²) in [5.41, 5.74) is 3.87. The number of anilines is 2. The zero-order valence-electron chi connectivity index (χ0n) is 22.1. The van der Waals surface area contributed by atoms with Crippen molar-refractivity contribution in [3.8, 4) is 5.75 Å². The number of carbonyl (C=O) groups excluding carboxylic acids is 1. The van der Waals surface area contributed by atoms with Crippen molar-refractivity contribution in [1.82, 2.24) is 9.88 Å². The number of aromatic amines is 1. The number of piperazine rings is 1. The van der Waals surface area contributed by atoms with Gasteiger partial charge < -0.3 is 19.5 Å². The Morgan fingerprint density at radius 3 is 2.51 bits per heavy atom. The molecule has 1 aliphatic carbocycles. The van der Waals surface area contributed by atoms with Gasteiger partial charge in [0, 0.05) is 73.2 Å². The molecule has 3 heterocycles. The van der Waals surface area contributed by atoms with E-state index in [1.807, 2.05) is 11.1 Å². The van der Waals surface area contributed by atoms with E-state index in [9.17, 15) is 18.0 Å². The summed E-state index contributed by atoms with van der Waals surface area (Å²) >= 11 is 0. The van der Waals surface area contributed by atoms with E-state index < -0.39 is 6.36 Å². The van der Waals surface area contributed by atoms with E-state index in [0.717, 1.165) is 88.0 Å². The van der Waals surface area contributed by atoms with Crippen molar-refractivity contribution < 1.29 is 22.7 Å². The van der Waals surface area contributed by atoms with Crippen molar-refractivity contribution in [2.45, 2.75) is 57.3 Å². The molecule has 208 valence electrons. The Bertz CT molecular complexity index is 1310. The number of nitrogens with zero attached hydrogens (tertiary/aromatic N) is 3. The van der Waals surface area contributed by atoms with E-state index in [2.05, 4.69) is 43.8 Å². The molecular formula is C30H35F3N4O2. The van der Waals surface area contributed by atoms with Gasteiger partial charge in [-0.2, -0.15) is 0 Å². The number of nitrogens with one attached hydrogen (secondary N) is 1. The van der Waals surface area contributed by atoms with E-state index in [4.69, 9.17) is 0 Å². The minimum atomic E-state index is -4.74. The second-order valence-electron chi connectivity index (χ2n) is 11.1. The van der Waals surface area contributed by atoms with Gasteiger partial charge in [-0.25, -0.2) is 0 Å². The highest BCUT2D eigenvalue weighted by Crippen LogP contribution is 2.38. The molecule has 0 radical (unpaired) electrons. The van der Waals surface area contributed by atoms with Crippen molar-refractivity contribution in [3.63, 3.8) is 0 Å². The third-order valence-corrected chi connectivity index (χ3v) is 8.60.